The second-order valence-corrected chi connectivity index (χ2v) is 6.97. The van der Waals surface area contributed by atoms with Crippen molar-refractivity contribution in [3.63, 3.8) is 0 Å². The van der Waals surface area contributed by atoms with E-state index in [1.54, 1.807) is 12.1 Å². The molecule has 2 amide bonds. The summed E-state index contributed by atoms with van der Waals surface area (Å²) in [5, 5.41) is 2.11. The highest BCUT2D eigenvalue weighted by atomic mass is 79.9. The molecular weight excluding hydrogens is 424 g/mol. The maximum absolute atomic E-state index is 11.9. The Balaban J connectivity index is 1.41. The van der Waals surface area contributed by atoms with E-state index in [1.807, 2.05) is 55.5 Å². The summed E-state index contributed by atoms with van der Waals surface area (Å²) in [5.74, 6) is 0.170. The van der Waals surface area contributed by atoms with Gasteiger partial charge in [0, 0.05) is 0 Å². The van der Waals surface area contributed by atoms with Crippen molar-refractivity contribution >= 4 is 38.5 Å². The predicted molar refractivity (Wildman–Crippen MR) is 110 cm³/mol. The molecule has 0 atom stereocenters. The van der Waals surface area contributed by atoms with Crippen LogP contribution in [0.1, 0.15) is 5.56 Å². The zero-order valence-corrected chi connectivity index (χ0v) is 16.8. The maximum atomic E-state index is 11.9. The van der Waals surface area contributed by atoms with Crippen LogP contribution >= 0.6 is 15.9 Å². The first-order valence-electron chi connectivity index (χ1n) is 8.59. The minimum atomic E-state index is -0.480. The van der Waals surface area contributed by atoms with E-state index in [0.29, 0.717) is 11.5 Å². The van der Waals surface area contributed by atoms with Crippen molar-refractivity contribution in [1.82, 2.24) is 10.9 Å². The van der Waals surface area contributed by atoms with Gasteiger partial charge >= 0.3 is 0 Å². The average molecular weight is 443 g/mol. The Hall–Kier alpha value is -3.06. The zero-order chi connectivity index (χ0) is 19.9. The second kappa shape index (κ2) is 9.23. The largest absolute Gasteiger partial charge is 0.484 e. The SMILES string of the molecule is Cc1ccc(OCC(=O)NNC(=O)COc2ccc3ccccc3c2)c(Br)c1. The molecule has 0 saturated carbocycles. The molecule has 0 aliphatic rings. The third-order valence-corrected chi connectivity index (χ3v) is 4.50. The molecule has 3 aromatic rings. The molecule has 0 heterocycles. The molecule has 0 bridgehead atoms. The van der Waals surface area contributed by atoms with E-state index in [1.165, 1.54) is 0 Å². The number of hydrogen-bond donors (Lipinski definition) is 2. The first kappa shape index (κ1) is 19.7. The summed E-state index contributed by atoms with van der Waals surface area (Å²) in [4.78, 5) is 23.7. The number of fused-ring (bicyclic) bond motifs is 1. The molecule has 7 heteroatoms. The smallest absolute Gasteiger partial charge is 0.276 e. The summed E-state index contributed by atoms with van der Waals surface area (Å²) >= 11 is 3.37. The van der Waals surface area contributed by atoms with Gasteiger partial charge in [0.25, 0.3) is 11.8 Å². The standard InChI is InChI=1S/C21H19BrN2O4/c1-14-6-9-19(18(22)10-14)28-13-21(26)24-23-20(25)12-27-17-8-7-15-4-2-3-5-16(15)11-17/h2-11H,12-13H2,1H3,(H,23,25)(H,24,26). The van der Waals surface area contributed by atoms with Crippen LogP contribution in [0.2, 0.25) is 0 Å². The minimum absolute atomic E-state index is 0.219. The summed E-state index contributed by atoms with van der Waals surface area (Å²) in [6.07, 6.45) is 0. The summed E-state index contributed by atoms with van der Waals surface area (Å²) in [5.41, 5.74) is 5.66. The number of aryl methyl sites for hydroxylation is 1. The van der Waals surface area contributed by atoms with Crippen LogP contribution in [0.5, 0.6) is 11.5 Å². The lowest BCUT2D eigenvalue weighted by atomic mass is 10.1. The molecule has 3 aromatic carbocycles. The van der Waals surface area contributed by atoms with Crippen molar-refractivity contribution < 1.29 is 19.1 Å². The normalized spacial score (nSPS) is 10.4. The predicted octanol–water partition coefficient (Wildman–Crippen LogP) is 3.52. The van der Waals surface area contributed by atoms with E-state index in [4.69, 9.17) is 9.47 Å². The van der Waals surface area contributed by atoms with Crippen LogP contribution in [0.3, 0.4) is 0 Å². The van der Waals surface area contributed by atoms with E-state index in [0.717, 1.165) is 20.8 Å². The van der Waals surface area contributed by atoms with Gasteiger partial charge < -0.3 is 9.47 Å². The lowest BCUT2D eigenvalue weighted by Crippen LogP contribution is -2.45. The van der Waals surface area contributed by atoms with Gasteiger partial charge in [-0.15, -0.1) is 0 Å². The quantitative estimate of drug-likeness (QED) is 0.572. The van der Waals surface area contributed by atoms with Gasteiger partial charge in [0.05, 0.1) is 4.47 Å². The number of hydrazine groups is 1. The fourth-order valence-electron chi connectivity index (χ4n) is 2.48. The van der Waals surface area contributed by atoms with Gasteiger partial charge in [-0.25, -0.2) is 0 Å². The van der Waals surface area contributed by atoms with Crippen molar-refractivity contribution in [2.75, 3.05) is 13.2 Å². The summed E-state index contributed by atoms with van der Waals surface area (Å²) < 4.78 is 11.6. The van der Waals surface area contributed by atoms with Crippen LogP contribution in [-0.2, 0) is 9.59 Å². The molecule has 0 aromatic heterocycles. The van der Waals surface area contributed by atoms with Crippen molar-refractivity contribution in [2.45, 2.75) is 6.92 Å². The summed E-state index contributed by atoms with van der Waals surface area (Å²) in [6, 6.07) is 19.0. The Labute approximate surface area is 170 Å². The van der Waals surface area contributed by atoms with Gasteiger partial charge in [-0.1, -0.05) is 36.4 Å². The molecule has 0 radical (unpaired) electrons. The van der Waals surface area contributed by atoms with Crippen LogP contribution in [0.25, 0.3) is 10.8 Å². The molecule has 0 unspecified atom stereocenters. The Kier molecular flexibility index (Phi) is 6.49. The highest BCUT2D eigenvalue weighted by molar-refractivity contribution is 9.10. The van der Waals surface area contributed by atoms with Gasteiger partial charge in [0.15, 0.2) is 13.2 Å². The van der Waals surface area contributed by atoms with Gasteiger partial charge in [-0.2, -0.15) is 0 Å². The van der Waals surface area contributed by atoms with Crippen molar-refractivity contribution in [2.24, 2.45) is 0 Å². The third-order valence-electron chi connectivity index (χ3n) is 3.88. The van der Waals surface area contributed by atoms with Crippen molar-refractivity contribution in [3.8, 4) is 11.5 Å². The Bertz CT molecular complexity index is 1010. The number of hydrogen-bond acceptors (Lipinski definition) is 4. The second-order valence-electron chi connectivity index (χ2n) is 6.12. The summed E-state index contributed by atoms with van der Waals surface area (Å²) in [7, 11) is 0. The van der Waals surface area contributed by atoms with Crippen LogP contribution in [0, 0.1) is 6.92 Å². The molecule has 2 N–H and O–H groups in total. The molecule has 28 heavy (non-hydrogen) atoms. The Morgan fingerprint density at radius 3 is 2.25 bits per heavy atom. The van der Waals surface area contributed by atoms with Gasteiger partial charge in [0.1, 0.15) is 11.5 Å². The number of nitrogens with one attached hydrogen (secondary N) is 2. The fraction of sp³-hybridized carbons (Fsp3) is 0.143. The Morgan fingerprint density at radius 2 is 1.54 bits per heavy atom. The van der Waals surface area contributed by atoms with Crippen LogP contribution in [0.4, 0.5) is 0 Å². The molecule has 6 nitrogen and oxygen atoms in total. The summed E-state index contributed by atoms with van der Waals surface area (Å²) in [6.45, 7) is 1.51. The molecule has 3 rings (SSSR count). The van der Waals surface area contributed by atoms with Gasteiger partial charge in [-0.05, 0) is 63.5 Å². The number of carbonyl (C=O) groups excluding carboxylic acids is 2. The monoisotopic (exact) mass is 442 g/mol. The first-order chi connectivity index (χ1) is 13.5. The molecule has 0 spiro atoms. The topological polar surface area (TPSA) is 76.7 Å². The van der Waals surface area contributed by atoms with E-state index in [2.05, 4.69) is 26.8 Å². The maximum Gasteiger partial charge on any atom is 0.276 e. The number of rotatable bonds is 6. The molecule has 0 aliphatic carbocycles. The highest BCUT2D eigenvalue weighted by Gasteiger charge is 2.08. The van der Waals surface area contributed by atoms with Gasteiger partial charge in [0.2, 0.25) is 0 Å². The van der Waals surface area contributed by atoms with Crippen LogP contribution in [-0.4, -0.2) is 25.0 Å². The molecular formula is C21H19BrN2O4. The van der Waals surface area contributed by atoms with Crippen molar-refractivity contribution in [3.05, 3.63) is 70.7 Å². The van der Waals surface area contributed by atoms with Crippen molar-refractivity contribution in [1.29, 1.82) is 0 Å². The zero-order valence-electron chi connectivity index (χ0n) is 15.2. The lowest BCUT2D eigenvalue weighted by molar-refractivity contribution is -0.131. The molecule has 0 saturated heterocycles. The van der Waals surface area contributed by atoms with Crippen LogP contribution < -0.4 is 20.3 Å². The number of halogens is 1. The number of carbonyl (C=O) groups is 2. The average Bonchev–Trinajstić information content (AvgIpc) is 2.70. The van der Waals surface area contributed by atoms with E-state index in [9.17, 15) is 9.59 Å². The van der Waals surface area contributed by atoms with Crippen LogP contribution in [0.15, 0.2) is 65.1 Å². The molecule has 0 fully saturated rings. The first-order valence-corrected chi connectivity index (χ1v) is 9.39. The van der Waals surface area contributed by atoms with E-state index in [-0.39, 0.29) is 13.2 Å². The molecule has 0 aliphatic heterocycles. The third kappa shape index (κ3) is 5.47. The van der Waals surface area contributed by atoms with E-state index >= 15 is 0 Å². The number of amides is 2. The fourth-order valence-corrected chi connectivity index (χ4v) is 3.09. The minimum Gasteiger partial charge on any atom is -0.484 e. The van der Waals surface area contributed by atoms with Gasteiger partial charge in [-0.3, -0.25) is 20.4 Å². The number of benzene rings is 3. The highest BCUT2D eigenvalue weighted by Crippen LogP contribution is 2.25. The number of ether oxygens (including phenoxy) is 2. The lowest BCUT2D eigenvalue weighted by Gasteiger charge is -2.11. The van der Waals surface area contributed by atoms with E-state index < -0.39 is 11.8 Å². The Morgan fingerprint density at radius 1 is 0.857 bits per heavy atom. The molecule has 144 valence electrons.